The average molecular weight is 527 g/mol. The Balaban J connectivity index is 1.33. The summed E-state index contributed by atoms with van der Waals surface area (Å²) in [7, 11) is 1.69. The van der Waals surface area contributed by atoms with Crippen molar-refractivity contribution in [2.24, 2.45) is 5.41 Å². The van der Waals surface area contributed by atoms with Gasteiger partial charge in [-0.1, -0.05) is 12.1 Å². The summed E-state index contributed by atoms with van der Waals surface area (Å²) in [4.78, 5) is 66.0. The molecule has 3 aromatic rings. The molecule has 3 fully saturated rings. The SMILES string of the molecule is CN1CCN(c2cnc3c(cc(C(=O)NCc4ccc(C#N)cc4)c(=O)n3CC(=O)N3CC4(CC4)C3)n2)C1=O. The summed E-state index contributed by atoms with van der Waals surface area (Å²) in [5, 5.41) is 11.7. The number of hydrogen-bond acceptors (Lipinski definition) is 7. The number of benzene rings is 1. The van der Waals surface area contributed by atoms with Crippen molar-refractivity contribution in [3.05, 3.63) is 63.6 Å². The van der Waals surface area contributed by atoms with E-state index < -0.39 is 11.5 Å². The van der Waals surface area contributed by atoms with E-state index in [0.717, 1.165) is 18.4 Å². The highest BCUT2D eigenvalue weighted by molar-refractivity contribution is 5.97. The predicted octanol–water partition coefficient (Wildman–Crippen LogP) is 1.09. The highest BCUT2D eigenvalue weighted by atomic mass is 16.2. The molecule has 1 aromatic carbocycles. The molecule has 4 heterocycles. The molecule has 0 bridgehead atoms. The Morgan fingerprint density at radius 2 is 1.87 bits per heavy atom. The van der Waals surface area contributed by atoms with E-state index in [0.29, 0.717) is 37.6 Å². The number of urea groups is 1. The van der Waals surface area contributed by atoms with Gasteiger partial charge >= 0.3 is 6.03 Å². The number of amides is 4. The largest absolute Gasteiger partial charge is 0.348 e. The maximum atomic E-state index is 13.5. The molecular formula is C27H26N8O4. The first-order valence-corrected chi connectivity index (χ1v) is 12.8. The lowest BCUT2D eigenvalue weighted by Gasteiger charge is -2.40. The molecule has 1 spiro atoms. The average Bonchev–Trinajstić information content (AvgIpc) is 3.67. The van der Waals surface area contributed by atoms with E-state index in [1.165, 1.54) is 21.7 Å². The number of anilines is 1. The van der Waals surface area contributed by atoms with Gasteiger partial charge in [0.2, 0.25) is 5.91 Å². The van der Waals surface area contributed by atoms with Gasteiger partial charge in [0.15, 0.2) is 11.5 Å². The van der Waals surface area contributed by atoms with E-state index in [4.69, 9.17) is 5.26 Å². The van der Waals surface area contributed by atoms with Gasteiger partial charge in [-0.2, -0.15) is 5.26 Å². The summed E-state index contributed by atoms with van der Waals surface area (Å²) in [6, 6.07) is 9.91. The number of pyridine rings is 1. The Labute approximate surface area is 223 Å². The van der Waals surface area contributed by atoms with Gasteiger partial charge in [-0.25, -0.2) is 14.8 Å². The Bertz CT molecular complexity index is 1610. The van der Waals surface area contributed by atoms with Gasteiger partial charge in [0.25, 0.3) is 11.5 Å². The molecule has 3 aliphatic rings. The first-order valence-electron chi connectivity index (χ1n) is 12.8. The molecule has 0 radical (unpaired) electrons. The van der Waals surface area contributed by atoms with Crippen molar-refractivity contribution in [3.63, 3.8) is 0 Å². The van der Waals surface area contributed by atoms with Crippen LogP contribution in [0.2, 0.25) is 0 Å². The van der Waals surface area contributed by atoms with Crippen molar-refractivity contribution in [1.29, 1.82) is 5.26 Å². The van der Waals surface area contributed by atoms with E-state index in [2.05, 4.69) is 15.3 Å². The summed E-state index contributed by atoms with van der Waals surface area (Å²) in [5.74, 6) is -0.540. The minimum Gasteiger partial charge on any atom is -0.348 e. The fourth-order valence-corrected chi connectivity index (χ4v) is 5.07. The second-order valence-corrected chi connectivity index (χ2v) is 10.5. The van der Waals surface area contributed by atoms with Crippen molar-refractivity contribution in [3.8, 4) is 6.07 Å². The molecule has 0 unspecified atom stereocenters. The lowest BCUT2D eigenvalue weighted by molar-refractivity contribution is -0.139. The molecule has 0 atom stereocenters. The van der Waals surface area contributed by atoms with Crippen LogP contribution < -0.4 is 15.8 Å². The van der Waals surface area contributed by atoms with Gasteiger partial charge in [-0.15, -0.1) is 0 Å². The van der Waals surface area contributed by atoms with Crippen LogP contribution in [0.15, 0.2) is 41.3 Å². The molecule has 198 valence electrons. The van der Waals surface area contributed by atoms with Gasteiger partial charge in [0, 0.05) is 45.2 Å². The number of hydrogen-bond donors (Lipinski definition) is 1. The molecular weight excluding hydrogens is 500 g/mol. The van der Waals surface area contributed by atoms with E-state index in [9.17, 15) is 19.2 Å². The molecule has 1 saturated carbocycles. The highest BCUT2D eigenvalue weighted by Crippen LogP contribution is 2.52. The van der Waals surface area contributed by atoms with Crippen LogP contribution >= 0.6 is 0 Å². The topological polar surface area (TPSA) is 145 Å². The monoisotopic (exact) mass is 526 g/mol. The molecule has 2 saturated heterocycles. The molecule has 4 amide bonds. The van der Waals surface area contributed by atoms with E-state index in [-0.39, 0.29) is 47.2 Å². The van der Waals surface area contributed by atoms with Crippen LogP contribution in [0.1, 0.15) is 34.3 Å². The number of nitriles is 1. The summed E-state index contributed by atoms with van der Waals surface area (Å²) < 4.78 is 1.20. The molecule has 12 nitrogen and oxygen atoms in total. The number of fused-ring (bicyclic) bond motifs is 1. The third-order valence-electron chi connectivity index (χ3n) is 7.71. The number of nitrogens with one attached hydrogen (secondary N) is 1. The van der Waals surface area contributed by atoms with Gasteiger partial charge in [0.05, 0.1) is 17.8 Å². The number of carbonyl (C=O) groups excluding carboxylic acids is 3. The number of aromatic nitrogens is 3. The lowest BCUT2D eigenvalue weighted by atomic mass is 9.97. The Kier molecular flexibility index (Phi) is 5.79. The summed E-state index contributed by atoms with van der Waals surface area (Å²) in [5.41, 5.74) is 1.09. The molecule has 1 N–H and O–H groups in total. The van der Waals surface area contributed by atoms with Crippen LogP contribution in [0.3, 0.4) is 0 Å². The van der Waals surface area contributed by atoms with E-state index in [1.54, 1.807) is 41.1 Å². The van der Waals surface area contributed by atoms with Gasteiger partial charge in [-0.05, 0) is 36.6 Å². The summed E-state index contributed by atoms with van der Waals surface area (Å²) >= 11 is 0. The van der Waals surface area contributed by atoms with Crippen molar-refractivity contribution in [2.45, 2.75) is 25.9 Å². The summed E-state index contributed by atoms with van der Waals surface area (Å²) in [6.07, 6.45) is 3.65. The van der Waals surface area contributed by atoms with Crippen LogP contribution in [0.25, 0.3) is 11.2 Å². The molecule has 12 heteroatoms. The molecule has 2 aromatic heterocycles. The van der Waals surface area contributed by atoms with E-state index in [1.807, 2.05) is 6.07 Å². The van der Waals surface area contributed by atoms with Gasteiger partial charge < -0.3 is 15.1 Å². The normalized spacial score (nSPS) is 17.3. The third-order valence-corrected chi connectivity index (χ3v) is 7.71. The van der Waals surface area contributed by atoms with Crippen LogP contribution in [0.4, 0.5) is 10.6 Å². The number of carbonyl (C=O) groups is 3. The van der Waals surface area contributed by atoms with Gasteiger partial charge in [-0.3, -0.25) is 23.9 Å². The minimum absolute atomic E-state index is 0.136. The maximum absolute atomic E-state index is 13.5. The fourth-order valence-electron chi connectivity index (χ4n) is 5.07. The molecule has 2 aliphatic heterocycles. The standard InChI is InChI=1S/C27H26N8O4/c1-32-8-9-34(26(32)39)21-13-29-23-20(31-21)10-19(24(37)30-12-18-4-2-17(11-28)3-5-18)25(38)35(23)14-22(36)33-15-27(16-33)6-7-27/h2-5,10,13H,6-9,12,14-16H2,1H3,(H,30,37). The summed E-state index contributed by atoms with van der Waals surface area (Å²) in [6.45, 7) is 2.21. The molecule has 39 heavy (non-hydrogen) atoms. The fraction of sp³-hybridized carbons (Fsp3) is 0.370. The second kappa shape index (κ2) is 9.20. The first kappa shape index (κ1) is 24.5. The number of likely N-dealkylation sites (N-methyl/N-ethyl adjacent to an activating group) is 1. The predicted molar refractivity (Wildman–Crippen MR) is 140 cm³/mol. The molecule has 6 rings (SSSR count). The highest BCUT2D eigenvalue weighted by Gasteiger charge is 2.53. The van der Waals surface area contributed by atoms with Crippen molar-refractivity contribution in [1.82, 2.24) is 29.7 Å². The van der Waals surface area contributed by atoms with Crippen molar-refractivity contribution >= 4 is 34.8 Å². The van der Waals surface area contributed by atoms with Crippen LogP contribution in [-0.2, 0) is 17.9 Å². The number of rotatable bonds is 6. The second-order valence-electron chi connectivity index (χ2n) is 10.5. The lowest BCUT2D eigenvalue weighted by Crippen LogP contribution is -2.53. The Morgan fingerprint density at radius 1 is 1.13 bits per heavy atom. The van der Waals surface area contributed by atoms with Crippen LogP contribution in [0.5, 0.6) is 0 Å². The van der Waals surface area contributed by atoms with Crippen LogP contribution in [-0.4, -0.2) is 75.4 Å². The van der Waals surface area contributed by atoms with E-state index >= 15 is 0 Å². The number of nitrogens with zero attached hydrogens (tertiary/aromatic N) is 7. The smallest absolute Gasteiger partial charge is 0.325 e. The van der Waals surface area contributed by atoms with Crippen molar-refractivity contribution in [2.75, 3.05) is 38.1 Å². The van der Waals surface area contributed by atoms with Gasteiger partial charge in [0.1, 0.15) is 17.6 Å². The first-order chi connectivity index (χ1) is 18.8. The zero-order valence-corrected chi connectivity index (χ0v) is 21.4. The van der Waals surface area contributed by atoms with Crippen molar-refractivity contribution < 1.29 is 14.4 Å². The van der Waals surface area contributed by atoms with Crippen LogP contribution in [0, 0.1) is 16.7 Å². The minimum atomic E-state index is -0.645. The quantitative estimate of drug-likeness (QED) is 0.506. The zero-order valence-electron chi connectivity index (χ0n) is 21.4. The zero-order chi connectivity index (χ0) is 27.3. The Hall–Kier alpha value is -4.79. The Morgan fingerprint density at radius 3 is 2.51 bits per heavy atom. The maximum Gasteiger partial charge on any atom is 0.325 e. The number of likely N-dealkylation sites (tertiary alicyclic amines) is 1. The third kappa shape index (κ3) is 4.46. The molecule has 1 aliphatic carbocycles.